The number of rotatable bonds is 6. The van der Waals surface area contributed by atoms with Crippen LogP contribution in [-0.2, 0) is 11.2 Å². The number of carbonyl (C=O) groups excluding carboxylic acids is 1. The van der Waals surface area contributed by atoms with E-state index in [4.69, 9.17) is 4.42 Å². The summed E-state index contributed by atoms with van der Waals surface area (Å²) in [7, 11) is 0. The minimum absolute atomic E-state index is 0.108. The van der Waals surface area contributed by atoms with Crippen molar-refractivity contribution in [3.05, 3.63) is 72.0 Å². The number of benzene rings is 2. The largest absolute Gasteiger partial charge is 0.464 e. The molecule has 2 aromatic carbocycles. The molecule has 2 heterocycles. The Morgan fingerprint density at radius 3 is 2.56 bits per heavy atom. The maximum absolute atomic E-state index is 12.9. The molecule has 4 rings (SSSR count). The summed E-state index contributed by atoms with van der Waals surface area (Å²) in [5, 5.41) is 12.6. The quantitative estimate of drug-likeness (QED) is 0.530. The zero-order valence-electron chi connectivity index (χ0n) is 15.3. The highest BCUT2D eigenvalue weighted by Crippen LogP contribution is 2.25. The SMILES string of the molecule is O=C(Cc1coc2ccccc12)N(O)[C@H](CN1CCCC1)c1ccccc1. The fourth-order valence-electron chi connectivity index (χ4n) is 3.80. The van der Waals surface area contributed by atoms with E-state index in [1.807, 2.05) is 54.6 Å². The molecule has 1 atom stereocenters. The van der Waals surface area contributed by atoms with Gasteiger partial charge in [0.25, 0.3) is 5.91 Å². The minimum Gasteiger partial charge on any atom is -0.464 e. The van der Waals surface area contributed by atoms with E-state index in [-0.39, 0.29) is 18.4 Å². The molecule has 1 fully saturated rings. The van der Waals surface area contributed by atoms with Gasteiger partial charge in [-0.25, -0.2) is 5.06 Å². The van der Waals surface area contributed by atoms with Gasteiger partial charge in [-0.3, -0.25) is 10.0 Å². The van der Waals surface area contributed by atoms with Crippen LogP contribution in [0.1, 0.15) is 30.0 Å². The van der Waals surface area contributed by atoms with Crippen molar-refractivity contribution in [2.75, 3.05) is 19.6 Å². The second-order valence-electron chi connectivity index (χ2n) is 7.11. The Morgan fingerprint density at radius 2 is 1.78 bits per heavy atom. The first-order chi connectivity index (χ1) is 13.2. The monoisotopic (exact) mass is 364 g/mol. The Hall–Kier alpha value is -2.63. The fourth-order valence-corrected chi connectivity index (χ4v) is 3.80. The summed E-state index contributed by atoms with van der Waals surface area (Å²) in [6.45, 7) is 2.66. The summed E-state index contributed by atoms with van der Waals surface area (Å²) >= 11 is 0. The van der Waals surface area contributed by atoms with Gasteiger partial charge in [0.1, 0.15) is 5.58 Å². The maximum atomic E-state index is 12.9. The molecule has 1 saturated heterocycles. The molecule has 1 amide bonds. The number of carbonyl (C=O) groups is 1. The highest BCUT2D eigenvalue weighted by atomic mass is 16.5. The van der Waals surface area contributed by atoms with Gasteiger partial charge < -0.3 is 9.32 Å². The van der Waals surface area contributed by atoms with E-state index in [0.717, 1.165) is 40.2 Å². The molecule has 3 aromatic rings. The lowest BCUT2D eigenvalue weighted by Crippen LogP contribution is -2.39. The van der Waals surface area contributed by atoms with Gasteiger partial charge in [-0.2, -0.15) is 0 Å². The molecule has 1 N–H and O–H groups in total. The van der Waals surface area contributed by atoms with E-state index >= 15 is 0 Å². The van der Waals surface area contributed by atoms with Crippen LogP contribution in [0.25, 0.3) is 11.0 Å². The van der Waals surface area contributed by atoms with Crippen LogP contribution in [0.15, 0.2) is 65.3 Å². The third kappa shape index (κ3) is 3.89. The Morgan fingerprint density at radius 1 is 1.07 bits per heavy atom. The lowest BCUT2D eigenvalue weighted by Gasteiger charge is -2.30. The van der Waals surface area contributed by atoms with Gasteiger partial charge in [0.15, 0.2) is 0 Å². The van der Waals surface area contributed by atoms with Crippen molar-refractivity contribution < 1.29 is 14.4 Å². The average molecular weight is 364 g/mol. The predicted octanol–water partition coefficient (Wildman–Crippen LogP) is 4.03. The lowest BCUT2D eigenvalue weighted by molar-refractivity contribution is -0.177. The van der Waals surface area contributed by atoms with Crippen LogP contribution in [0, 0.1) is 0 Å². The third-order valence-electron chi connectivity index (χ3n) is 5.27. The zero-order valence-corrected chi connectivity index (χ0v) is 15.3. The van der Waals surface area contributed by atoms with Crippen LogP contribution in [0.4, 0.5) is 0 Å². The van der Waals surface area contributed by atoms with Crippen LogP contribution >= 0.6 is 0 Å². The summed E-state index contributed by atoms with van der Waals surface area (Å²) < 4.78 is 5.52. The Balaban J connectivity index is 1.54. The van der Waals surface area contributed by atoms with Crippen molar-refractivity contribution in [3.63, 3.8) is 0 Å². The standard InChI is InChI=1S/C22H24N2O3/c25-22(14-18-16-27-21-11-5-4-10-19(18)21)24(26)20(15-23-12-6-7-13-23)17-8-2-1-3-9-17/h1-5,8-11,16,20,26H,6-7,12-15H2/t20-/m1/s1. The molecule has 0 unspecified atom stereocenters. The number of amides is 1. The molecular formula is C22H24N2O3. The first kappa shape index (κ1) is 17.8. The average Bonchev–Trinajstić information content (AvgIpc) is 3.36. The Labute approximate surface area is 158 Å². The summed E-state index contributed by atoms with van der Waals surface area (Å²) in [5.74, 6) is -0.324. The molecule has 1 aliphatic rings. The summed E-state index contributed by atoms with van der Waals surface area (Å²) in [5.41, 5.74) is 2.49. The highest BCUT2D eigenvalue weighted by molar-refractivity contribution is 5.87. The highest BCUT2D eigenvalue weighted by Gasteiger charge is 2.28. The molecule has 1 aliphatic heterocycles. The number of furan rings is 1. The van der Waals surface area contributed by atoms with Gasteiger partial charge >= 0.3 is 0 Å². The summed E-state index contributed by atoms with van der Waals surface area (Å²) in [6, 6.07) is 17.0. The molecule has 5 heteroatoms. The van der Waals surface area contributed by atoms with E-state index < -0.39 is 0 Å². The zero-order chi connectivity index (χ0) is 18.6. The van der Waals surface area contributed by atoms with Crippen LogP contribution < -0.4 is 0 Å². The van der Waals surface area contributed by atoms with Gasteiger partial charge in [-0.15, -0.1) is 0 Å². The second kappa shape index (κ2) is 7.94. The van der Waals surface area contributed by atoms with Crippen molar-refractivity contribution in [1.29, 1.82) is 0 Å². The first-order valence-corrected chi connectivity index (χ1v) is 9.46. The predicted molar refractivity (Wildman–Crippen MR) is 103 cm³/mol. The van der Waals surface area contributed by atoms with Gasteiger partial charge in [0.2, 0.25) is 0 Å². The van der Waals surface area contributed by atoms with Crippen molar-refractivity contribution in [3.8, 4) is 0 Å². The third-order valence-corrected chi connectivity index (χ3v) is 5.27. The Kier molecular flexibility index (Phi) is 5.23. The molecular weight excluding hydrogens is 340 g/mol. The van der Waals surface area contributed by atoms with E-state index in [1.165, 1.54) is 12.8 Å². The molecule has 1 aromatic heterocycles. The molecule has 27 heavy (non-hydrogen) atoms. The van der Waals surface area contributed by atoms with Gasteiger partial charge in [-0.1, -0.05) is 48.5 Å². The number of para-hydroxylation sites is 1. The van der Waals surface area contributed by atoms with E-state index in [0.29, 0.717) is 6.54 Å². The van der Waals surface area contributed by atoms with E-state index in [9.17, 15) is 10.0 Å². The number of hydrogen-bond donors (Lipinski definition) is 1. The van der Waals surface area contributed by atoms with E-state index in [2.05, 4.69) is 4.90 Å². The van der Waals surface area contributed by atoms with Gasteiger partial charge in [0, 0.05) is 17.5 Å². The fraction of sp³-hybridized carbons (Fsp3) is 0.318. The molecule has 0 saturated carbocycles. The molecule has 0 radical (unpaired) electrons. The van der Waals surface area contributed by atoms with Gasteiger partial charge in [0.05, 0.1) is 18.7 Å². The van der Waals surface area contributed by atoms with Crippen molar-refractivity contribution in [1.82, 2.24) is 9.96 Å². The smallest absolute Gasteiger partial charge is 0.251 e. The van der Waals surface area contributed by atoms with Crippen molar-refractivity contribution >= 4 is 16.9 Å². The lowest BCUT2D eigenvalue weighted by atomic mass is 10.0. The number of fused-ring (bicyclic) bond motifs is 1. The summed E-state index contributed by atoms with van der Waals surface area (Å²) in [4.78, 5) is 15.2. The van der Waals surface area contributed by atoms with Gasteiger partial charge in [-0.05, 0) is 37.6 Å². The normalized spacial score (nSPS) is 15.9. The minimum atomic E-state index is -0.380. The number of nitrogens with zero attached hydrogens (tertiary/aromatic N) is 2. The topological polar surface area (TPSA) is 56.9 Å². The van der Waals surface area contributed by atoms with Crippen LogP contribution in [0.5, 0.6) is 0 Å². The van der Waals surface area contributed by atoms with Crippen molar-refractivity contribution in [2.45, 2.75) is 25.3 Å². The first-order valence-electron chi connectivity index (χ1n) is 9.46. The van der Waals surface area contributed by atoms with Crippen LogP contribution in [-0.4, -0.2) is 40.7 Å². The number of hydrogen-bond acceptors (Lipinski definition) is 4. The summed E-state index contributed by atoms with van der Waals surface area (Å²) in [6.07, 6.45) is 4.05. The van der Waals surface area contributed by atoms with Crippen LogP contribution in [0.3, 0.4) is 0 Å². The molecule has 140 valence electrons. The number of hydroxylamine groups is 2. The molecule has 0 spiro atoms. The molecule has 0 bridgehead atoms. The van der Waals surface area contributed by atoms with E-state index in [1.54, 1.807) is 6.26 Å². The van der Waals surface area contributed by atoms with Crippen LogP contribution in [0.2, 0.25) is 0 Å². The van der Waals surface area contributed by atoms with Crippen molar-refractivity contribution in [2.24, 2.45) is 0 Å². The Bertz CT molecular complexity index is 900. The second-order valence-corrected chi connectivity index (χ2v) is 7.11. The molecule has 0 aliphatic carbocycles. The number of likely N-dealkylation sites (tertiary alicyclic amines) is 1. The molecule has 5 nitrogen and oxygen atoms in total. The maximum Gasteiger partial charge on any atom is 0.251 e.